The molecule has 3 rings (SSSR count). The van der Waals surface area contributed by atoms with E-state index in [2.05, 4.69) is 15.3 Å². The molecule has 1 heterocycles. The molecule has 2 aromatic carbocycles. The van der Waals surface area contributed by atoms with Gasteiger partial charge in [-0.1, -0.05) is 60.7 Å². The maximum Gasteiger partial charge on any atom is 0.331 e. The minimum absolute atomic E-state index is 0.342. The molecule has 0 aliphatic rings. The second kappa shape index (κ2) is 8.07. The van der Waals surface area contributed by atoms with Crippen molar-refractivity contribution in [1.29, 1.82) is 0 Å². The number of carboxylic acids is 1. The van der Waals surface area contributed by atoms with Crippen LogP contribution < -0.4 is 15.9 Å². The third-order valence-electron chi connectivity index (χ3n) is 3.81. The van der Waals surface area contributed by atoms with Crippen LogP contribution in [0.4, 0.5) is 5.95 Å². The molecule has 0 bridgehead atoms. The molecule has 2 N–H and O–H groups in total. The Labute approximate surface area is 153 Å². The van der Waals surface area contributed by atoms with Gasteiger partial charge in [0.05, 0.1) is 0 Å². The van der Waals surface area contributed by atoms with Gasteiger partial charge in [-0.25, -0.2) is 14.8 Å². The Kier molecular flexibility index (Phi) is 5.59. The van der Waals surface area contributed by atoms with Crippen LogP contribution in [0.3, 0.4) is 0 Å². The van der Waals surface area contributed by atoms with E-state index in [0.29, 0.717) is 5.95 Å². The highest BCUT2D eigenvalue weighted by Crippen LogP contribution is 2.39. The first-order valence-electron chi connectivity index (χ1n) is 8.25. The lowest BCUT2D eigenvalue weighted by atomic mass is 10.4. The topological polar surface area (TPSA) is 75.1 Å². The highest BCUT2D eigenvalue weighted by atomic mass is 31.1. The normalized spacial score (nSPS) is 12.0. The van der Waals surface area contributed by atoms with E-state index in [1.165, 1.54) is 0 Å². The molecule has 0 radical (unpaired) electrons. The van der Waals surface area contributed by atoms with E-state index in [1.807, 2.05) is 80.6 Å². The molecular formula is C20H20N3O2P. The van der Waals surface area contributed by atoms with Crippen molar-refractivity contribution in [2.75, 3.05) is 5.32 Å². The number of rotatable bonds is 6. The molecule has 132 valence electrons. The summed E-state index contributed by atoms with van der Waals surface area (Å²) in [5.41, 5.74) is 1.60. The number of aryl methyl sites for hydroxylation is 2. The summed E-state index contributed by atoms with van der Waals surface area (Å²) in [5.74, 6) is -1.42. The molecule has 1 aromatic heterocycles. The molecule has 0 saturated heterocycles. The van der Waals surface area contributed by atoms with Crippen molar-refractivity contribution in [3.8, 4) is 0 Å². The van der Waals surface area contributed by atoms with E-state index in [1.54, 1.807) is 0 Å². The SMILES string of the molecule is Cc1cc(C)nc(NC(C(=O)O)P(c2ccccc2)c2ccccc2)n1. The number of benzene rings is 2. The first-order valence-corrected chi connectivity index (χ1v) is 9.66. The van der Waals surface area contributed by atoms with Crippen LogP contribution in [-0.2, 0) is 4.79 Å². The Balaban J connectivity index is 2.05. The van der Waals surface area contributed by atoms with Crippen LogP contribution in [-0.4, -0.2) is 26.8 Å². The summed E-state index contributed by atoms with van der Waals surface area (Å²) in [6.07, 6.45) is 0. The number of carboxylic acid groups (broad SMARTS) is 1. The van der Waals surface area contributed by atoms with E-state index >= 15 is 0 Å². The van der Waals surface area contributed by atoms with Crippen molar-refractivity contribution >= 4 is 30.4 Å². The molecule has 0 spiro atoms. The number of aromatic nitrogens is 2. The van der Waals surface area contributed by atoms with Gasteiger partial charge in [0.1, 0.15) is 0 Å². The van der Waals surface area contributed by atoms with Crippen LogP contribution in [0.5, 0.6) is 0 Å². The molecule has 3 aromatic rings. The number of anilines is 1. The van der Waals surface area contributed by atoms with Gasteiger partial charge in [0, 0.05) is 11.4 Å². The second-order valence-electron chi connectivity index (χ2n) is 5.90. The number of hydrogen-bond acceptors (Lipinski definition) is 4. The van der Waals surface area contributed by atoms with E-state index in [9.17, 15) is 9.90 Å². The van der Waals surface area contributed by atoms with Gasteiger partial charge in [0.15, 0.2) is 5.78 Å². The number of nitrogens with one attached hydrogen (secondary N) is 1. The lowest BCUT2D eigenvalue weighted by Crippen LogP contribution is -2.35. The Morgan fingerprint density at radius 1 is 0.923 bits per heavy atom. The molecular weight excluding hydrogens is 345 g/mol. The summed E-state index contributed by atoms with van der Waals surface area (Å²) < 4.78 is 0. The van der Waals surface area contributed by atoms with Crippen molar-refractivity contribution in [3.05, 3.63) is 78.1 Å². The van der Waals surface area contributed by atoms with Gasteiger partial charge in [-0.15, -0.1) is 0 Å². The molecule has 26 heavy (non-hydrogen) atoms. The van der Waals surface area contributed by atoms with Gasteiger partial charge in [0.25, 0.3) is 0 Å². The molecule has 5 nitrogen and oxygen atoms in total. The molecule has 0 amide bonds. The zero-order valence-corrected chi connectivity index (χ0v) is 15.5. The van der Waals surface area contributed by atoms with Crippen molar-refractivity contribution in [1.82, 2.24) is 9.97 Å². The van der Waals surface area contributed by atoms with Gasteiger partial charge < -0.3 is 10.4 Å². The Bertz CT molecular complexity index is 828. The monoisotopic (exact) mass is 365 g/mol. The van der Waals surface area contributed by atoms with Crippen LogP contribution in [0.1, 0.15) is 11.4 Å². The average Bonchev–Trinajstić information content (AvgIpc) is 2.62. The van der Waals surface area contributed by atoms with Gasteiger partial charge in [0.2, 0.25) is 5.95 Å². The highest BCUT2D eigenvalue weighted by Gasteiger charge is 2.31. The van der Waals surface area contributed by atoms with E-state index in [-0.39, 0.29) is 0 Å². The van der Waals surface area contributed by atoms with Gasteiger partial charge in [-0.05, 0) is 38.4 Å². The lowest BCUT2D eigenvalue weighted by molar-refractivity contribution is -0.135. The molecule has 0 fully saturated rings. The van der Waals surface area contributed by atoms with Crippen LogP contribution in [0, 0.1) is 13.8 Å². The summed E-state index contributed by atoms with van der Waals surface area (Å²) in [5, 5.41) is 15.0. The maximum atomic E-state index is 12.2. The zero-order valence-electron chi connectivity index (χ0n) is 14.6. The largest absolute Gasteiger partial charge is 0.479 e. The summed E-state index contributed by atoms with van der Waals surface area (Å²) in [4.78, 5) is 20.9. The average molecular weight is 365 g/mol. The van der Waals surface area contributed by atoms with Gasteiger partial charge in [-0.2, -0.15) is 0 Å². The molecule has 0 saturated carbocycles. The number of nitrogens with zero attached hydrogens (tertiary/aromatic N) is 2. The van der Waals surface area contributed by atoms with Crippen molar-refractivity contribution in [2.24, 2.45) is 0 Å². The van der Waals surface area contributed by atoms with Crippen LogP contribution in [0.25, 0.3) is 0 Å². The minimum atomic E-state index is -1.19. The quantitative estimate of drug-likeness (QED) is 0.657. The fraction of sp³-hybridized carbons (Fsp3) is 0.150. The van der Waals surface area contributed by atoms with Crippen LogP contribution in [0.2, 0.25) is 0 Å². The summed E-state index contributed by atoms with van der Waals surface area (Å²) in [7, 11) is -1.19. The van der Waals surface area contributed by atoms with Crippen molar-refractivity contribution < 1.29 is 9.90 Å². The van der Waals surface area contributed by atoms with E-state index in [4.69, 9.17) is 0 Å². The third-order valence-corrected chi connectivity index (χ3v) is 6.38. The highest BCUT2D eigenvalue weighted by molar-refractivity contribution is 7.74. The summed E-state index contributed by atoms with van der Waals surface area (Å²) in [6.45, 7) is 3.74. The van der Waals surface area contributed by atoms with Gasteiger partial charge in [-0.3, -0.25) is 0 Å². The first kappa shape index (κ1) is 18.0. The summed E-state index contributed by atoms with van der Waals surface area (Å²) >= 11 is 0. The predicted molar refractivity (Wildman–Crippen MR) is 106 cm³/mol. The molecule has 1 unspecified atom stereocenters. The number of hydrogen-bond donors (Lipinski definition) is 2. The first-order chi connectivity index (χ1) is 12.5. The molecule has 0 aliphatic carbocycles. The fourth-order valence-electron chi connectivity index (χ4n) is 2.77. The Morgan fingerprint density at radius 2 is 1.38 bits per heavy atom. The van der Waals surface area contributed by atoms with Crippen LogP contribution >= 0.6 is 7.92 Å². The number of carbonyl (C=O) groups is 1. The maximum absolute atomic E-state index is 12.2. The Morgan fingerprint density at radius 3 is 1.81 bits per heavy atom. The van der Waals surface area contributed by atoms with Crippen molar-refractivity contribution in [2.45, 2.75) is 19.6 Å². The summed E-state index contributed by atoms with van der Waals surface area (Å²) in [6, 6.07) is 21.3. The second-order valence-corrected chi connectivity index (χ2v) is 8.19. The van der Waals surface area contributed by atoms with Crippen molar-refractivity contribution in [3.63, 3.8) is 0 Å². The fourth-order valence-corrected chi connectivity index (χ4v) is 5.12. The lowest BCUT2D eigenvalue weighted by Gasteiger charge is -2.26. The number of aliphatic carboxylic acids is 1. The third kappa shape index (κ3) is 4.24. The standard InChI is InChI=1S/C20H20N3O2P/c1-14-13-15(2)22-20(21-14)23-18(19(24)25)26(16-9-5-3-6-10-16)17-11-7-4-8-12-17/h3-13,18H,1-2H3,(H,24,25)(H,21,22,23). The van der Waals surface area contributed by atoms with Gasteiger partial charge >= 0.3 is 5.97 Å². The van der Waals surface area contributed by atoms with Crippen LogP contribution in [0.15, 0.2) is 66.7 Å². The molecule has 6 heteroatoms. The van der Waals surface area contributed by atoms with E-state index < -0.39 is 19.7 Å². The molecule has 0 aliphatic heterocycles. The minimum Gasteiger partial charge on any atom is -0.479 e. The predicted octanol–water partition coefficient (Wildman–Crippen LogP) is 3.05. The Hall–Kier alpha value is -2.78. The zero-order chi connectivity index (χ0) is 18.5. The molecule has 1 atom stereocenters. The van der Waals surface area contributed by atoms with E-state index in [0.717, 1.165) is 22.0 Å². The smallest absolute Gasteiger partial charge is 0.331 e.